The van der Waals surface area contributed by atoms with E-state index in [2.05, 4.69) is 5.32 Å². The molecule has 7 heteroatoms. The number of nitrogens with one attached hydrogen (secondary N) is 1. The molecule has 0 fully saturated rings. The fourth-order valence-electron chi connectivity index (χ4n) is 3.08. The van der Waals surface area contributed by atoms with Crippen molar-refractivity contribution in [2.45, 2.75) is 29.9 Å². The molecule has 3 rings (SSSR count). The summed E-state index contributed by atoms with van der Waals surface area (Å²) in [6.07, 6.45) is 0. The second kappa shape index (κ2) is 8.85. The molecule has 1 N–H and O–H groups in total. The Balaban J connectivity index is 1.73. The van der Waals surface area contributed by atoms with Crippen molar-refractivity contribution in [2.24, 2.45) is 0 Å². The lowest BCUT2D eigenvalue weighted by Gasteiger charge is -2.25. The van der Waals surface area contributed by atoms with Crippen LogP contribution < -0.4 is 5.32 Å². The molecule has 0 aliphatic heterocycles. The predicted molar refractivity (Wildman–Crippen MR) is 115 cm³/mol. The third-order valence-corrected chi connectivity index (χ3v) is 6.58. The van der Waals surface area contributed by atoms with Crippen molar-refractivity contribution in [1.82, 2.24) is 10.2 Å². The minimum absolute atomic E-state index is 0.0275. The van der Waals surface area contributed by atoms with E-state index < -0.39 is 15.7 Å². The Morgan fingerprint density at radius 2 is 1.50 bits per heavy atom. The summed E-state index contributed by atoms with van der Waals surface area (Å²) in [4.78, 5) is 14.7. The third kappa shape index (κ3) is 4.80. The summed E-state index contributed by atoms with van der Waals surface area (Å²) in [7, 11) is 0.0655. The number of furan rings is 1. The molecule has 1 heterocycles. The quantitative estimate of drug-likeness (QED) is 0.622. The highest BCUT2D eigenvalue weighted by Gasteiger charge is 2.24. The van der Waals surface area contributed by atoms with Crippen molar-refractivity contribution < 1.29 is 17.6 Å². The fourth-order valence-corrected chi connectivity index (χ4v) is 4.26. The molecule has 1 aromatic heterocycles. The van der Waals surface area contributed by atoms with E-state index in [4.69, 9.17) is 4.42 Å². The van der Waals surface area contributed by atoms with Crippen molar-refractivity contribution in [3.8, 4) is 0 Å². The van der Waals surface area contributed by atoms with Gasteiger partial charge in [-0.25, -0.2) is 8.42 Å². The van der Waals surface area contributed by atoms with Crippen LogP contribution in [0.25, 0.3) is 0 Å². The number of benzene rings is 2. The maximum absolute atomic E-state index is 12.7. The van der Waals surface area contributed by atoms with Crippen molar-refractivity contribution in [3.05, 3.63) is 83.1 Å². The van der Waals surface area contributed by atoms with Crippen LogP contribution in [0.15, 0.2) is 75.1 Å². The number of carbonyl (C=O) groups is 1. The maximum atomic E-state index is 12.7. The molecule has 0 saturated carbocycles. The first-order chi connectivity index (χ1) is 14.2. The molecule has 0 spiro atoms. The van der Waals surface area contributed by atoms with Gasteiger partial charge in [-0.05, 0) is 57.8 Å². The highest BCUT2D eigenvalue weighted by molar-refractivity contribution is 7.91. The van der Waals surface area contributed by atoms with E-state index >= 15 is 0 Å². The number of likely N-dealkylation sites (N-methyl/N-ethyl adjacent to an activating group) is 1. The standard InChI is InChI=1S/C23H26N2O4S/c1-16-5-9-18(10-6-16)20(25(3)4)15-24-23(26)21-13-14-22(29-21)30(27,28)19-11-7-17(2)8-12-19/h5-14,20H,15H2,1-4H3,(H,24,26). The molecule has 0 aliphatic carbocycles. The Morgan fingerprint density at radius 3 is 2.07 bits per heavy atom. The summed E-state index contributed by atoms with van der Waals surface area (Å²) < 4.78 is 30.8. The van der Waals surface area contributed by atoms with Crippen LogP contribution in [0.2, 0.25) is 0 Å². The van der Waals surface area contributed by atoms with Gasteiger partial charge in [0, 0.05) is 6.54 Å². The molecular weight excluding hydrogens is 400 g/mol. The summed E-state index contributed by atoms with van der Waals surface area (Å²) in [5, 5.41) is 2.59. The molecule has 3 aromatic rings. The van der Waals surface area contributed by atoms with Crippen LogP contribution in [-0.4, -0.2) is 39.9 Å². The number of aryl methyl sites for hydroxylation is 2. The van der Waals surface area contributed by atoms with Crippen LogP contribution in [0.4, 0.5) is 0 Å². The zero-order chi connectivity index (χ0) is 21.9. The number of hydrogen-bond acceptors (Lipinski definition) is 5. The summed E-state index contributed by atoms with van der Waals surface area (Å²) in [6.45, 7) is 4.26. The Bertz CT molecular complexity index is 1110. The fraction of sp³-hybridized carbons (Fsp3) is 0.261. The zero-order valence-electron chi connectivity index (χ0n) is 17.5. The van der Waals surface area contributed by atoms with Gasteiger partial charge in [-0.15, -0.1) is 0 Å². The number of rotatable bonds is 7. The molecular formula is C23H26N2O4S. The van der Waals surface area contributed by atoms with E-state index in [-0.39, 0.29) is 21.8 Å². The van der Waals surface area contributed by atoms with E-state index in [1.807, 2.05) is 57.1 Å². The third-order valence-electron chi connectivity index (χ3n) is 4.94. The molecule has 1 atom stereocenters. The number of sulfone groups is 1. The van der Waals surface area contributed by atoms with Crippen LogP contribution in [0.1, 0.15) is 33.3 Å². The molecule has 0 aliphatic rings. The number of carbonyl (C=O) groups excluding carboxylic acids is 1. The maximum Gasteiger partial charge on any atom is 0.287 e. The average Bonchev–Trinajstić information content (AvgIpc) is 3.21. The normalized spacial score (nSPS) is 12.7. The Hall–Kier alpha value is -2.90. The van der Waals surface area contributed by atoms with Crippen molar-refractivity contribution in [3.63, 3.8) is 0 Å². The molecule has 2 aromatic carbocycles. The minimum Gasteiger partial charge on any atom is -0.439 e. The van der Waals surface area contributed by atoms with Gasteiger partial charge in [-0.1, -0.05) is 47.5 Å². The Labute approximate surface area is 177 Å². The second-order valence-electron chi connectivity index (χ2n) is 7.54. The van der Waals surface area contributed by atoms with Gasteiger partial charge in [0.1, 0.15) is 0 Å². The topological polar surface area (TPSA) is 79.6 Å². The SMILES string of the molecule is Cc1ccc(C(CNC(=O)c2ccc(S(=O)(=O)c3ccc(C)cc3)o2)N(C)C)cc1. The molecule has 6 nitrogen and oxygen atoms in total. The monoisotopic (exact) mass is 426 g/mol. The predicted octanol–water partition coefficient (Wildman–Crippen LogP) is 3.76. The molecule has 158 valence electrons. The van der Waals surface area contributed by atoms with Gasteiger partial charge < -0.3 is 14.6 Å². The molecule has 0 saturated heterocycles. The number of nitrogens with zero attached hydrogens (tertiary/aromatic N) is 1. The zero-order valence-corrected chi connectivity index (χ0v) is 18.4. The van der Waals surface area contributed by atoms with Crippen LogP contribution >= 0.6 is 0 Å². The van der Waals surface area contributed by atoms with Gasteiger partial charge in [0.2, 0.25) is 14.9 Å². The first-order valence-electron chi connectivity index (χ1n) is 9.61. The summed E-state index contributed by atoms with van der Waals surface area (Å²) >= 11 is 0. The van der Waals surface area contributed by atoms with Crippen LogP contribution in [0, 0.1) is 13.8 Å². The summed E-state index contributed by atoms with van der Waals surface area (Å²) in [6, 6.07) is 17.3. The molecule has 0 bridgehead atoms. The second-order valence-corrected chi connectivity index (χ2v) is 9.42. The largest absolute Gasteiger partial charge is 0.439 e. The molecule has 1 unspecified atom stereocenters. The van der Waals surface area contributed by atoms with E-state index in [0.29, 0.717) is 6.54 Å². The number of hydrogen-bond donors (Lipinski definition) is 1. The van der Waals surface area contributed by atoms with E-state index in [9.17, 15) is 13.2 Å². The van der Waals surface area contributed by atoms with Crippen LogP contribution in [-0.2, 0) is 9.84 Å². The highest BCUT2D eigenvalue weighted by atomic mass is 32.2. The lowest BCUT2D eigenvalue weighted by atomic mass is 10.0. The lowest BCUT2D eigenvalue weighted by molar-refractivity contribution is 0.0909. The van der Waals surface area contributed by atoms with Gasteiger partial charge in [0.15, 0.2) is 5.76 Å². The minimum atomic E-state index is -3.82. The van der Waals surface area contributed by atoms with Gasteiger partial charge in [0.05, 0.1) is 10.9 Å². The smallest absolute Gasteiger partial charge is 0.287 e. The van der Waals surface area contributed by atoms with Crippen LogP contribution in [0.5, 0.6) is 0 Å². The number of amides is 1. The van der Waals surface area contributed by atoms with E-state index in [1.165, 1.54) is 24.3 Å². The summed E-state index contributed by atoms with van der Waals surface area (Å²) in [5.74, 6) is -0.499. The Kier molecular flexibility index (Phi) is 6.43. The van der Waals surface area contributed by atoms with Crippen molar-refractivity contribution >= 4 is 15.7 Å². The van der Waals surface area contributed by atoms with Crippen molar-refractivity contribution in [1.29, 1.82) is 0 Å². The van der Waals surface area contributed by atoms with Crippen LogP contribution in [0.3, 0.4) is 0 Å². The molecule has 0 radical (unpaired) electrons. The average molecular weight is 427 g/mol. The van der Waals surface area contributed by atoms with Gasteiger partial charge >= 0.3 is 0 Å². The molecule has 30 heavy (non-hydrogen) atoms. The lowest BCUT2D eigenvalue weighted by Crippen LogP contribution is -2.34. The van der Waals surface area contributed by atoms with E-state index in [1.54, 1.807) is 12.1 Å². The first-order valence-corrected chi connectivity index (χ1v) is 11.1. The highest BCUT2D eigenvalue weighted by Crippen LogP contribution is 2.23. The first kappa shape index (κ1) is 21.8. The van der Waals surface area contributed by atoms with Crippen molar-refractivity contribution in [2.75, 3.05) is 20.6 Å². The Morgan fingerprint density at radius 1 is 0.933 bits per heavy atom. The van der Waals surface area contributed by atoms with Gasteiger partial charge in [0.25, 0.3) is 5.91 Å². The van der Waals surface area contributed by atoms with E-state index in [0.717, 1.165) is 16.7 Å². The summed E-state index contributed by atoms with van der Waals surface area (Å²) in [5.41, 5.74) is 3.20. The van der Waals surface area contributed by atoms with Gasteiger partial charge in [-0.2, -0.15) is 0 Å². The van der Waals surface area contributed by atoms with Gasteiger partial charge in [-0.3, -0.25) is 4.79 Å². The molecule has 1 amide bonds.